The van der Waals surface area contributed by atoms with Gasteiger partial charge in [-0.05, 0) is 84.7 Å². The molecule has 1 aromatic heterocycles. The number of aromatic nitrogens is 4. The van der Waals surface area contributed by atoms with Crippen LogP contribution in [-0.2, 0) is 27.7 Å². The Kier molecular flexibility index (Phi) is 7.03. The van der Waals surface area contributed by atoms with Crippen LogP contribution in [0.3, 0.4) is 0 Å². The van der Waals surface area contributed by atoms with Crippen LogP contribution in [-0.4, -0.2) is 58.8 Å². The molecule has 1 aliphatic heterocycles. The van der Waals surface area contributed by atoms with Crippen molar-refractivity contribution < 1.29 is 17.6 Å². The number of nitrogens with one attached hydrogen (secondary N) is 1. The third-order valence-corrected chi connectivity index (χ3v) is 7.20. The number of nitrogens with zero attached hydrogens (tertiary/aromatic N) is 5. The maximum Gasteiger partial charge on any atom is 0.223 e. The van der Waals surface area contributed by atoms with Gasteiger partial charge in [0.1, 0.15) is 5.82 Å². The van der Waals surface area contributed by atoms with E-state index in [1.54, 1.807) is 29.8 Å². The van der Waals surface area contributed by atoms with Gasteiger partial charge in [0, 0.05) is 18.7 Å². The molecule has 9 nitrogen and oxygen atoms in total. The van der Waals surface area contributed by atoms with Gasteiger partial charge in [-0.25, -0.2) is 12.8 Å². The summed E-state index contributed by atoms with van der Waals surface area (Å²) in [7, 11) is -3.28. The largest absolute Gasteiger partial charge is 0.352 e. The highest BCUT2D eigenvalue weighted by Gasteiger charge is 2.26. The average molecular weight is 487 g/mol. The Balaban J connectivity index is 1.30. The van der Waals surface area contributed by atoms with Gasteiger partial charge in [-0.15, -0.1) is 5.10 Å². The lowest BCUT2D eigenvalue weighted by atomic mass is 9.96. The fourth-order valence-corrected chi connectivity index (χ4v) is 4.60. The van der Waals surface area contributed by atoms with Crippen LogP contribution in [0, 0.1) is 18.7 Å². The summed E-state index contributed by atoms with van der Waals surface area (Å²) in [6.07, 6.45) is 2.58. The summed E-state index contributed by atoms with van der Waals surface area (Å²) in [5.74, 6) is 0.257. The summed E-state index contributed by atoms with van der Waals surface area (Å²) >= 11 is 0. The van der Waals surface area contributed by atoms with Gasteiger partial charge in [0.25, 0.3) is 0 Å². The first kappa shape index (κ1) is 24.0. The molecule has 2 heterocycles. The second-order valence-electron chi connectivity index (χ2n) is 8.62. The molecule has 0 aliphatic carbocycles. The molecule has 1 saturated heterocycles. The van der Waals surface area contributed by atoms with Crippen LogP contribution in [0.2, 0.25) is 0 Å². The molecule has 4 rings (SSSR count). The number of aryl methyl sites for hydroxylation is 1. The predicted molar refractivity (Wildman–Crippen MR) is 123 cm³/mol. The summed E-state index contributed by atoms with van der Waals surface area (Å²) in [4.78, 5) is 15.0. The van der Waals surface area contributed by atoms with E-state index in [-0.39, 0.29) is 22.5 Å². The molecule has 1 amide bonds. The van der Waals surface area contributed by atoms with E-state index in [9.17, 15) is 17.6 Å². The smallest absolute Gasteiger partial charge is 0.223 e. The lowest BCUT2D eigenvalue weighted by Crippen LogP contribution is -2.40. The highest BCUT2D eigenvalue weighted by molar-refractivity contribution is 7.90. The highest BCUT2D eigenvalue weighted by atomic mass is 32.2. The van der Waals surface area contributed by atoms with E-state index in [4.69, 9.17) is 0 Å². The lowest BCUT2D eigenvalue weighted by molar-refractivity contribution is -0.126. The van der Waals surface area contributed by atoms with Crippen LogP contribution in [0.15, 0.2) is 47.4 Å². The molecule has 1 N–H and O–H groups in total. The Morgan fingerprint density at radius 1 is 1.15 bits per heavy atom. The van der Waals surface area contributed by atoms with Crippen molar-refractivity contribution in [2.75, 3.05) is 19.3 Å². The quantitative estimate of drug-likeness (QED) is 0.544. The number of benzene rings is 2. The number of tetrazole rings is 1. The normalized spacial score (nSPS) is 15.4. The number of sulfone groups is 1. The predicted octanol–water partition coefficient (Wildman–Crippen LogP) is 2.04. The van der Waals surface area contributed by atoms with Gasteiger partial charge >= 0.3 is 0 Å². The highest BCUT2D eigenvalue weighted by Crippen LogP contribution is 2.20. The lowest BCUT2D eigenvalue weighted by Gasteiger charge is -2.30. The van der Waals surface area contributed by atoms with E-state index in [0.29, 0.717) is 43.0 Å². The Bertz CT molecular complexity index is 1270. The van der Waals surface area contributed by atoms with Crippen LogP contribution in [0.4, 0.5) is 4.39 Å². The van der Waals surface area contributed by atoms with Crippen molar-refractivity contribution in [3.63, 3.8) is 0 Å². The monoisotopic (exact) mass is 486 g/mol. The summed E-state index contributed by atoms with van der Waals surface area (Å²) in [6, 6.07) is 11.4. The number of likely N-dealkylation sites (tertiary alicyclic amines) is 1. The standard InChI is InChI=1S/C23H27FN6O3S/c1-16-3-4-17(13-21(16)24)14-25-23(31)18-9-11-29(12-10-18)15-22-26-27-28-30(22)19-5-7-20(8-6-19)34(2,32)33/h3-8,13,18H,9-12,14-15H2,1-2H3,(H,25,31). The number of carbonyl (C=O) groups excluding carboxylic acids is 1. The molecule has 2 aromatic carbocycles. The van der Waals surface area contributed by atoms with Crippen LogP contribution in [0.25, 0.3) is 5.69 Å². The van der Waals surface area contributed by atoms with Crippen molar-refractivity contribution >= 4 is 15.7 Å². The van der Waals surface area contributed by atoms with E-state index in [0.717, 1.165) is 24.9 Å². The van der Waals surface area contributed by atoms with Crippen molar-refractivity contribution in [3.05, 3.63) is 65.2 Å². The summed E-state index contributed by atoms with van der Waals surface area (Å²) in [6.45, 7) is 3.97. The molecular weight excluding hydrogens is 459 g/mol. The summed E-state index contributed by atoms with van der Waals surface area (Å²) in [5, 5.41) is 14.8. The number of rotatable bonds is 7. The molecule has 11 heteroatoms. The third kappa shape index (κ3) is 5.65. The zero-order chi connectivity index (χ0) is 24.3. The van der Waals surface area contributed by atoms with Gasteiger partial charge in [-0.1, -0.05) is 12.1 Å². The van der Waals surface area contributed by atoms with Crippen molar-refractivity contribution in [1.82, 2.24) is 30.4 Å². The first-order chi connectivity index (χ1) is 16.2. The maximum absolute atomic E-state index is 13.7. The number of hydrogen-bond donors (Lipinski definition) is 1. The average Bonchev–Trinajstić information content (AvgIpc) is 3.27. The van der Waals surface area contributed by atoms with Crippen LogP contribution in [0.1, 0.15) is 29.8 Å². The molecule has 1 aliphatic rings. The first-order valence-corrected chi connectivity index (χ1v) is 12.9. The van der Waals surface area contributed by atoms with E-state index < -0.39 is 9.84 Å². The van der Waals surface area contributed by atoms with Crippen molar-refractivity contribution in [3.8, 4) is 5.69 Å². The van der Waals surface area contributed by atoms with Crippen molar-refractivity contribution in [2.24, 2.45) is 5.92 Å². The van der Waals surface area contributed by atoms with Gasteiger partial charge in [-0.2, -0.15) is 4.68 Å². The molecular formula is C23H27FN6O3S. The Morgan fingerprint density at radius 3 is 2.50 bits per heavy atom. The fraction of sp³-hybridized carbons (Fsp3) is 0.391. The maximum atomic E-state index is 13.7. The fourth-order valence-electron chi connectivity index (χ4n) is 3.97. The number of piperidine rings is 1. The van der Waals surface area contributed by atoms with E-state index in [1.807, 2.05) is 6.07 Å². The minimum absolute atomic E-state index is 0.0172. The van der Waals surface area contributed by atoms with E-state index >= 15 is 0 Å². The minimum atomic E-state index is -3.28. The van der Waals surface area contributed by atoms with Crippen molar-refractivity contribution in [2.45, 2.75) is 37.8 Å². The van der Waals surface area contributed by atoms with E-state index in [1.165, 1.54) is 18.2 Å². The summed E-state index contributed by atoms with van der Waals surface area (Å²) < 4.78 is 38.6. The van der Waals surface area contributed by atoms with Gasteiger partial charge in [0.05, 0.1) is 17.1 Å². The molecule has 3 aromatic rings. The Labute approximate surface area is 197 Å². The molecule has 0 radical (unpaired) electrons. The number of amides is 1. The van der Waals surface area contributed by atoms with Gasteiger partial charge < -0.3 is 5.32 Å². The molecule has 0 saturated carbocycles. The second-order valence-corrected chi connectivity index (χ2v) is 10.6. The minimum Gasteiger partial charge on any atom is -0.352 e. The molecule has 0 unspecified atom stereocenters. The Morgan fingerprint density at radius 2 is 1.85 bits per heavy atom. The number of hydrogen-bond acceptors (Lipinski definition) is 7. The number of halogens is 1. The third-order valence-electron chi connectivity index (χ3n) is 6.07. The van der Waals surface area contributed by atoms with Crippen molar-refractivity contribution in [1.29, 1.82) is 0 Å². The number of carbonyl (C=O) groups is 1. The van der Waals surface area contributed by atoms with Crippen LogP contribution in [0.5, 0.6) is 0 Å². The molecule has 1 fully saturated rings. The molecule has 0 bridgehead atoms. The van der Waals surface area contributed by atoms with Gasteiger partial charge in [0.15, 0.2) is 15.7 Å². The zero-order valence-corrected chi connectivity index (χ0v) is 19.9. The van der Waals surface area contributed by atoms with Gasteiger partial charge in [-0.3, -0.25) is 9.69 Å². The first-order valence-electron chi connectivity index (χ1n) is 11.0. The molecule has 34 heavy (non-hydrogen) atoms. The van der Waals surface area contributed by atoms with Gasteiger partial charge in [0.2, 0.25) is 5.91 Å². The van der Waals surface area contributed by atoms with Crippen LogP contribution < -0.4 is 5.32 Å². The molecule has 180 valence electrons. The Hall–Kier alpha value is -3.18. The van der Waals surface area contributed by atoms with E-state index in [2.05, 4.69) is 25.7 Å². The second kappa shape index (κ2) is 9.98. The topological polar surface area (TPSA) is 110 Å². The summed E-state index contributed by atoms with van der Waals surface area (Å²) in [5.41, 5.74) is 2.00. The molecule has 0 spiro atoms. The SMILES string of the molecule is Cc1ccc(CNC(=O)C2CCN(Cc3nnnn3-c3ccc(S(C)(=O)=O)cc3)CC2)cc1F. The van der Waals surface area contributed by atoms with Crippen LogP contribution >= 0.6 is 0 Å². The zero-order valence-electron chi connectivity index (χ0n) is 19.1. The molecule has 0 atom stereocenters.